The highest BCUT2D eigenvalue weighted by atomic mass is 32.2. The third-order valence-corrected chi connectivity index (χ3v) is 3.43. The van der Waals surface area contributed by atoms with Gasteiger partial charge in [0.2, 0.25) is 0 Å². The molecule has 5 nitrogen and oxygen atoms in total. The molecule has 0 aliphatic rings. The van der Waals surface area contributed by atoms with Gasteiger partial charge in [-0.2, -0.15) is 0 Å². The summed E-state index contributed by atoms with van der Waals surface area (Å²) in [5.74, 6) is -0.0659. The summed E-state index contributed by atoms with van der Waals surface area (Å²) >= 11 is 1.39. The molecule has 0 saturated carbocycles. The molecule has 0 unspecified atom stereocenters. The summed E-state index contributed by atoms with van der Waals surface area (Å²) < 4.78 is 13.5. The number of oxime groups is 1. The molecule has 0 spiro atoms. The predicted octanol–water partition coefficient (Wildman–Crippen LogP) is 2.31. The van der Waals surface area contributed by atoms with Gasteiger partial charge in [-0.15, -0.1) is 0 Å². The standard InChI is InChI=1S/C13H13FN4OS/c1-8-5-16-13(17-6-8)20-7-9-2-10(12(15)18-19)4-11(14)3-9/h2-6,19H,7H2,1H3,(H2,15,18). The van der Waals surface area contributed by atoms with Gasteiger partial charge in [-0.1, -0.05) is 16.9 Å². The van der Waals surface area contributed by atoms with Crippen LogP contribution < -0.4 is 5.73 Å². The molecule has 0 bridgehead atoms. The minimum Gasteiger partial charge on any atom is -0.409 e. The summed E-state index contributed by atoms with van der Waals surface area (Å²) in [7, 11) is 0. The summed E-state index contributed by atoms with van der Waals surface area (Å²) in [5, 5.41) is 12.1. The number of amidine groups is 1. The van der Waals surface area contributed by atoms with Crippen LogP contribution in [-0.2, 0) is 5.75 Å². The van der Waals surface area contributed by atoms with Crippen molar-refractivity contribution in [2.75, 3.05) is 0 Å². The number of benzene rings is 1. The van der Waals surface area contributed by atoms with Gasteiger partial charge < -0.3 is 10.9 Å². The number of aromatic nitrogens is 2. The fraction of sp³-hybridized carbons (Fsp3) is 0.154. The second kappa shape index (κ2) is 6.33. The van der Waals surface area contributed by atoms with E-state index in [9.17, 15) is 4.39 Å². The lowest BCUT2D eigenvalue weighted by atomic mass is 10.1. The van der Waals surface area contributed by atoms with E-state index in [4.69, 9.17) is 10.9 Å². The number of nitrogens with zero attached hydrogens (tertiary/aromatic N) is 3. The minimum atomic E-state index is -0.436. The van der Waals surface area contributed by atoms with Crippen LogP contribution in [0.3, 0.4) is 0 Å². The average molecular weight is 292 g/mol. The molecule has 0 saturated heterocycles. The van der Waals surface area contributed by atoms with E-state index >= 15 is 0 Å². The summed E-state index contributed by atoms with van der Waals surface area (Å²) in [6.07, 6.45) is 3.45. The molecule has 20 heavy (non-hydrogen) atoms. The number of hydrogen-bond donors (Lipinski definition) is 2. The van der Waals surface area contributed by atoms with Crippen molar-refractivity contribution in [1.29, 1.82) is 0 Å². The van der Waals surface area contributed by atoms with E-state index in [2.05, 4.69) is 15.1 Å². The lowest BCUT2D eigenvalue weighted by Crippen LogP contribution is -2.13. The smallest absolute Gasteiger partial charge is 0.187 e. The Labute approximate surface area is 119 Å². The number of rotatable bonds is 4. The van der Waals surface area contributed by atoms with Crippen LogP contribution in [0.2, 0.25) is 0 Å². The molecule has 0 radical (unpaired) electrons. The topological polar surface area (TPSA) is 84.4 Å². The number of nitrogens with two attached hydrogens (primary N) is 1. The third kappa shape index (κ3) is 3.67. The van der Waals surface area contributed by atoms with Gasteiger partial charge in [0.05, 0.1) is 0 Å². The number of halogens is 1. The first-order chi connectivity index (χ1) is 9.58. The zero-order valence-electron chi connectivity index (χ0n) is 10.7. The van der Waals surface area contributed by atoms with Crippen LogP contribution >= 0.6 is 11.8 Å². The molecule has 3 N–H and O–H groups in total. The zero-order chi connectivity index (χ0) is 14.5. The van der Waals surface area contributed by atoms with Crippen molar-refractivity contribution >= 4 is 17.6 Å². The average Bonchev–Trinajstić information content (AvgIpc) is 2.45. The second-order valence-electron chi connectivity index (χ2n) is 4.17. The molecule has 0 amide bonds. The van der Waals surface area contributed by atoms with Crippen molar-refractivity contribution in [3.63, 3.8) is 0 Å². The van der Waals surface area contributed by atoms with Gasteiger partial charge in [-0.3, -0.25) is 0 Å². The Hall–Kier alpha value is -2.15. The van der Waals surface area contributed by atoms with Crippen LogP contribution in [0.1, 0.15) is 16.7 Å². The molecule has 2 rings (SSSR count). The Bertz CT molecular complexity index is 631. The molecule has 0 atom stereocenters. The molecule has 1 aromatic heterocycles. The Morgan fingerprint density at radius 2 is 2.05 bits per heavy atom. The normalized spacial score (nSPS) is 11.6. The fourth-order valence-electron chi connectivity index (χ4n) is 1.54. The maximum Gasteiger partial charge on any atom is 0.187 e. The first kappa shape index (κ1) is 14.3. The van der Waals surface area contributed by atoms with Crippen LogP contribution in [0.5, 0.6) is 0 Å². The minimum absolute atomic E-state index is 0.123. The first-order valence-electron chi connectivity index (χ1n) is 5.77. The molecular weight excluding hydrogens is 279 g/mol. The van der Waals surface area contributed by atoms with E-state index in [1.165, 1.54) is 23.9 Å². The Balaban J connectivity index is 2.13. The summed E-state index contributed by atoms with van der Waals surface area (Å²) in [6, 6.07) is 4.28. The lowest BCUT2D eigenvalue weighted by molar-refractivity contribution is 0.318. The SMILES string of the molecule is Cc1cnc(SCc2cc(F)cc(/C(N)=N/O)c2)nc1. The van der Waals surface area contributed by atoms with E-state index in [1.807, 2.05) is 6.92 Å². The molecule has 1 aromatic carbocycles. The molecule has 0 aliphatic heterocycles. The van der Waals surface area contributed by atoms with Crippen LogP contribution in [0, 0.1) is 12.7 Å². The summed E-state index contributed by atoms with van der Waals surface area (Å²) in [5.41, 5.74) is 7.49. The lowest BCUT2D eigenvalue weighted by Gasteiger charge is -2.05. The molecular formula is C13H13FN4OS. The van der Waals surface area contributed by atoms with Crippen molar-refractivity contribution in [1.82, 2.24) is 9.97 Å². The molecule has 0 fully saturated rings. The Kier molecular flexibility index (Phi) is 4.52. The maximum absolute atomic E-state index is 13.5. The van der Waals surface area contributed by atoms with Gasteiger partial charge in [0.15, 0.2) is 11.0 Å². The van der Waals surface area contributed by atoms with Crippen molar-refractivity contribution in [2.45, 2.75) is 17.8 Å². The summed E-state index contributed by atoms with van der Waals surface area (Å²) in [4.78, 5) is 8.32. The third-order valence-electron chi connectivity index (χ3n) is 2.49. The fourth-order valence-corrected chi connectivity index (χ4v) is 2.26. The predicted molar refractivity (Wildman–Crippen MR) is 75.2 cm³/mol. The summed E-state index contributed by atoms with van der Waals surface area (Å²) in [6.45, 7) is 1.91. The van der Waals surface area contributed by atoms with Gasteiger partial charge in [0.25, 0.3) is 0 Å². The Morgan fingerprint density at radius 3 is 2.70 bits per heavy atom. The number of aryl methyl sites for hydroxylation is 1. The molecule has 104 valence electrons. The quantitative estimate of drug-likeness (QED) is 0.226. The van der Waals surface area contributed by atoms with Crippen LogP contribution in [-0.4, -0.2) is 21.0 Å². The maximum atomic E-state index is 13.5. The highest BCUT2D eigenvalue weighted by Gasteiger charge is 2.06. The van der Waals surface area contributed by atoms with Crippen molar-refractivity contribution in [3.8, 4) is 0 Å². The monoisotopic (exact) mass is 292 g/mol. The highest BCUT2D eigenvalue weighted by Crippen LogP contribution is 2.20. The van der Waals surface area contributed by atoms with Gasteiger partial charge in [0, 0.05) is 23.7 Å². The van der Waals surface area contributed by atoms with E-state index in [0.29, 0.717) is 22.0 Å². The van der Waals surface area contributed by atoms with E-state index in [1.54, 1.807) is 18.5 Å². The zero-order valence-corrected chi connectivity index (χ0v) is 11.6. The number of hydrogen-bond acceptors (Lipinski definition) is 5. The van der Waals surface area contributed by atoms with Gasteiger partial charge in [-0.05, 0) is 36.2 Å². The van der Waals surface area contributed by atoms with E-state index in [-0.39, 0.29) is 5.84 Å². The largest absolute Gasteiger partial charge is 0.409 e. The van der Waals surface area contributed by atoms with Crippen LogP contribution in [0.4, 0.5) is 4.39 Å². The molecule has 0 aliphatic carbocycles. The van der Waals surface area contributed by atoms with E-state index < -0.39 is 5.82 Å². The van der Waals surface area contributed by atoms with Gasteiger partial charge in [-0.25, -0.2) is 14.4 Å². The van der Waals surface area contributed by atoms with E-state index in [0.717, 1.165) is 5.56 Å². The molecule has 2 aromatic rings. The van der Waals surface area contributed by atoms with Gasteiger partial charge >= 0.3 is 0 Å². The Morgan fingerprint density at radius 1 is 1.35 bits per heavy atom. The molecule has 7 heteroatoms. The second-order valence-corrected chi connectivity index (χ2v) is 5.11. The van der Waals surface area contributed by atoms with Crippen molar-refractivity contribution < 1.29 is 9.60 Å². The van der Waals surface area contributed by atoms with Crippen LogP contribution in [0.25, 0.3) is 0 Å². The van der Waals surface area contributed by atoms with Crippen molar-refractivity contribution in [2.24, 2.45) is 10.9 Å². The van der Waals surface area contributed by atoms with Crippen molar-refractivity contribution in [3.05, 3.63) is 53.1 Å². The number of thioether (sulfide) groups is 1. The van der Waals surface area contributed by atoms with Gasteiger partial charge in [0.1, 0.15) is 5.82 Å². The molecule has 1 heterocycles. The van der Waals surface area contributed by atoms with Crippen LogP contribution in [0.15, 0.2) is 40.9 Å². The first-order valence-corrected chi connectivity index (χ1v) is 6.76. The highest BCUT2D eigenvalue weighted by molar-refractivity contribution is 7.98.